The van der Waals surface area contributed by atoms with Crippen molar-refractivity contribution in [2.45, 2.75) is 12.8 Å². The van der Waals surface area contributed by atoms with E-state index in [-0.39, 0.29) is 28.3 Å². The maximum Gasteiger partial charge on any atom is 0.293 e. The van der Waals surface area contributed by atoms with Crippen molar-refractivity contribution in [3.05, 3.63) is 67.8 Å². The van der Waals surface area contributed by atoms with E-state index in [0.29, 0.717) is 5.69 Å². The normalized spacial score (nSPS) is 13.6. The molecule has 150 valence electrons. The molecule has 29 heavy (non-hydrogen) atoms. The Labute approximate surface area is 164 Å². The second-order valence-electron chi connectivity index (χ2n) is 6.35. The van der Waals surface area contributed by atoms with Crippen LogP contribution in [0, 0.1) is 20.2 Å². The van der Waals surface area contributed by atoms with Gasteiger partial charge in [0.2, 0.25) is 0 Å². The molecule has 0 bridgehead atoms. The topological polar surface area (TPSA) is 151 Å². The number of benzene rings is 2. The van der Waals surface area contributed by atoms with Crippen LogP contribution in [-0.2, 0) is 0 Å². The van der Waals surface area contributed by atoms with Gasteiger partial charge in [-0.25, -0.2) is 5.43 Å². The number of carbonyl (C=O) groups is 1. The predicted molar refractivity (Wildman–Crippen MR) is 104 cm³/mol. The lowest BCUT2D eigenvalue weighted by atomic mass is 10.1. The molecular formula is C18H17N5O6. The Kier molecular flexibility index (Phi) is 5.67. The van der Waals surface area contributed by atoms with Gasteiger partial charge in [-0.1, -0.05) is 0 Å². The van der Waals surface area contributed by atoms with Gasteiger partial charge in [-0.2, -0.15) is 5.10 Å². The van der Waals surface area contributed by atoms with Gasteiger partial charge in [0.15, 0.2) is 0 Å². The lowest BCUT2D eigenvalue weighted by molar-refractivity contribution is -0.384. The molecule has 2 N–H and O–H groups in total. The molecule has 1 aliphatic heterocycles. The number of non-ortho nitro benzene ring substituents is 1. The minimum atomic E-state index is -0.692. The van der Waals surface area contributed by atoms with Gasteiger partial charge < -0.3 is 10.0 Å². The van der Waals surface area contributed by atoms with E-state index in [9.17, 15) is 30.1 Å². The van der Waals surface area contributed by atoms with Crippen molar-refractivity contribution in [3.8, 4) is 5.75 Å². The number of anilines is 1. The average Bonchev–Trinajstić information content (AvgIpc) is 3.23. The van der Waals surface area contributed by atoms with E-state index >= 15 is 0 Å². The monoisotopic (exact) mass is 399 g/mol. The number of nitro groups is 2. The molecule has 2 aromatic carbocycles. The van der Waals surface area contributed by atoms with Gasteiger partial charge in [0.25, 0.3) is 17.3 Å². The van der Waals surface area contributed by atoms with Crippen LogP contribution in [0.4, 0.5) is 17.1 Å². The van der Waals surface area contributed by atoms with E-state index in [1.54, 1.807) is 0 Å². The number of hydrazone groups is 1. The van der Waals surface area contributed by atoms with E-state index in [2.05, 4.69) is 10.5 Å². The van der Waals surface area contributed by atoms with Crippen LogP contribution in [0.3, 0.4) is 0 Å². The van der Waals surface area contributed by atoms with E-state index in [1.165, 1.54) is 18.2 Å². The molecule has 0 spiro atoms. The first-order valence-corrected chi connectivity index (χ1v) is 8.71. The van der Waals surface area contributed by atoms with Gasteiger partial charge in [-0.05, 0) is 31.0 Å². The minimum absolute atomic E-state index is 0.0369. The van der Waals surface area contributed by atoms with E-state index in [0.717, 1.165) is 50.3 Å². The number of phenolic OH excluding ortho intramolecular Hbond substituents is 1. The van der Waals surface area contributed by atoms with Crippen molar-refractivity contribution in [1.29, 1.82) is 0 Å². The SMILES string of the molecule is O=C(N/N=C/c1cc([N+](=O)[O-])ccc1O)c1ccc(N2CCCC2)c([N+](=O)[O-])c1. The first-order valence-electron chi connectivity index (χ1n) is 8.71. The number of phenols is 1. The number of carbonyl (C=O) groups excluding carboxylic acids is 1. The molecular weight excluding hydrogens is 382 g/mol. The third kappa shape index (κ3) is 4.46. The molecule has 0 unspecified atom stereocenters. The number of amides is 1. The van der Waals surface area contributed by atoms with Crippen LogP contribution in [0.5, 0.6) is 5.75 Å². The number of nitro benzene ring substituents is 2. The fourth-order valence-corrected chi connectivity index (χ4v) is 3.02. The van der Waals surface area contributed by atoms with Gasteiger partial charge in [0.1, 0.15) is 11.4 Å². The van der Waals surface area contributed by atoms with Gasteiger partial charge in [-0.15, -0.1) is 0 Å². The zero-order valence-electron chi connectivity index (χ0n) is 15.1. The summed E-state index contributed by atoms with van der Waals surface area (Å²) in [5, 5.41) is 35.6. The summed E-state index contributed by atoms with van der Waals surface area (Å²) in [5.74, 6) is -0.943. The van der Waals surface area contributed by atoms with Crippen LogP contribution in [0.1, 0.15) is 28.8 Å². The van der Waals surface area contributed by atoms with Gasteiger partial charge >= 0.3 is 0 Å². The Morgan fingerprint density at radius 2 is 1.83 bits per heavy atom. The van der Waals surface area contributed by atoms with Crippen LogP contribution >= 0.6 is 0 Å². The maximum atomic E-state index is 12.3. The van der Waals surface area contributed by atoms with Crippen LogP contribution in [-0.4, -0.2) is 40.2 Å². The number of aromatic hydroxyl groups is 1. The maximum absolute atomic E-state index is 12.3. The summed E-state index contributed by atoms with van der Waals surface area (Å²) in [6.07, 6.45) is 2.96. The Hall–Kier alpha value is -4.02. The summed E-state index contributed by atoms with van der Waals surface area (Å²) in [7, 11) is 0. The number of nitrogens with one attached hydrogen (secondary N) is 1. The second kappa shape index (κ2) is 8.33. The number of hydrogen-bond donors (Lipinski definition) is 2. The third-order valence-electron chi connectivity index (χ3n) is 4.47. The standard InChI is InChI=1S/C18H17N5O6/c24-17-6-4-14(22(26)27)9-13(17)11-19-20-18(25)12-3-5-15(16(10-12)23(28)29)21-7-1-2-8-21/h3-6,9-11,24H,1-2,7-8H2,(H,20,25)/b19-11+. The van der Waals surface area contributed by atoms with Crippen LogP contribution in [0.25, 0.3) is 0 Å². The lowest BCUT2D eigenvalue weighted by Crippen LogP contribution is -2.21. The Bertz CT molecular complexity index is 1000. The zero-order chi connectivity index (χ0) is 21.0. The molecule has 0 aromatic heterocycles. The molecule has 0 aliphatic carbocycles. The summed E-state index contributed by atoms with van der Waals surface area (Å²) < 4.78 is 0. The number of hydrogen-bond acceptors (Lipinski definition) is 8. The summed E-state index contributed by atoms with van der Waals surface area (Å²) >= 11 is 0. The molecule has 11 heteroatoms. The molecule has 1 saturated heterocycles. The number of nitrogens with zero attached hydrogens (tertiary/aromatic N) is 4. The van der Waals surface area contributed by atoms with Crippen molar-refractivity contribution < 1.29 is 19.7 Å². The molecule has 0 radical (unpaired) electrons. The molecule has 1 amide bonds. The highest BCUT2D eigenvalue weighted by atomic mass is 16.6. The van der Waals surface area contributed by atoms with Gasteiger partial charge in [0.05, 0.1) is 16.1 Å². The van der Waals surface area contributed by atoms with Gasteiger partial charge in [-0.3, -0.25) is 25.0 Å². The van der Waals surface area contributed by atoms with Crippen molar-refractivity contribution in [1.82, 2.24) is 5.43 Å². The van der Waals surface area contributed by atoms with Crippen molar-refractivity contribution in [3.63, 3.8) is 0 Å². The fraction of sp³-hybridized carbons (Fsp3) is 0.222. The van der Waals surface area contributed by atoms with Crippen LogP contribution < -0.4 is 10.3 Å². The molecule has 0 saturated carbocycles. The molecule has 1 heterocycles. The van der Waals surface area contributed by atoms with Crippen molar-refractivity contribution in [2.24, 2.45) is 5.10 Å². The molecule has 1 fully saturated rings. The van der Waals surface area contributed by atoms with Gasteiger partial charge in [0, 0.05) is 42.4 Å². The van der Waals surface area contributed by atoms with Crippen molar-refractivity contribution in [2.75, 3.05) is 18.0 Å². The summed E-state index contributed by atoms with van der Waals surface area (Å²) in [6.45, 7) is 1.45. The first kappa shape index (κ1) is 19.7. The molecule has 3 rings (SSSR count). The number of rotatable bonds is 6. The summed E-state index contributed by atoms with van der Waals surface area (Å²) in [4.78, 5) is 35.2. The summed E-state index contributed by atoms with van der Waals surface area (Å²) in [5.41, 5.74) is 2.32. The Morgan fingerprint density at radius 1 is 1.10 bits per heavy atom. The average molecular weight is 399 g/mol. The Balaban J connectivity index is 1.76. The Morgan fingerprint density at radius 3 is 2.48 bits per heavy atom. The molecule has 11 nitrogen and oxygen atoms in total. The van der Waals surface area contributed by atoms with E-state index in [1.807, 2.05) is 4.90 Å². The fourth-order valence-electron chi connectivity index (χ4n) is 3.02. The lowest BCUT2D eigenvalue weighted by Gasteiger charge is -2.17. The highest BCUT2D eigenvalue weighted by Gasteiger charge is 2.23. The van der Waals surface area contributed by atoms with Crippen LogP contribution in [0.2, 0.25) is 0 Å². The highest BCUT2D eigenvalue weighted by Crippen LogP contribution is 2.31. The summed E-state index contributed by atoms with van der Waals surface area (Å²) in [6, 6.07) is 7.56. The van der Waals surface area contributed by atoms with E-state index in [4.69, 9.17) is 0 Å². The third-order valence-corrected chi connectivity index (χ3v) is 4.47. The largest absolute Gasteiger partial charge is 0.507 e. The van der Waals surface area contributed by atoms with Crippen molar-refractivity contribution >= 4 is 29.2 Å². The zero-order valence-corrected chi connectivity index (χ0v) is 15.1. The second-order valence-corrected chi connectivity index (χ2v) is 6.35. The highest BCUT2D eigenvalue weighted by molar-refractivity contribution is 5.96. The quantitative estimate of drug-likeness (QED) is 0.430. The predicted octanol–water partition coefficient (Wildman–Crippen LogP) is 2.57. The minimum Gasteiger partial charge on any atom is -0.507 e. The molecule has 2 aromatic rings. The first-order chi connectivity index (χ1) is 13.9. The molecule has 0 atom stereocenters. The van der Waals surface area contributed by atoms with Crippen LogP contribution in [0.15, 0.2) is 41.5 Å². The van der Waals surface area contributed by atoms with E-state index < -0.39 is 15.8 Å². The molecule has 1 aliphatic rings. The smallest absolute Gasteiger partial charge is 0.293 e.